The summed E-state index contributed by atoms with van der Waals surface area (Å²) in [6, 6.07) is 0.448. The molecule has 0 aliphatic carbocycles. The molecule has 0 spiro atoms. The van der Waals surface area contributed by atoms with Crippen LogP contribution in [0.15, 0.2) is 0 Å². The van der Waals surface area contributed by atoms with Gasteiger partial charge in [0.25, 0.3) is 0 Å². The summed E-state index contributed by atoms with van der Waals surface area (Å²) < 4.78 is 5.61. The van der Waals surface area contributed by atoms with Crippen LogP contribution in [-0.2, 0) is 4.74 Å². The van der Waals surface area contributed by atoms with Crippen LogP contribution in [0.5, 0.6) is 0 Å². The highest BCUT2D eigenvalue weighted by molar-refractivity contribution is 7.80. The van der Waals surface area contributed by atoms with E-state index in [0.717, 1.165) is 24.6 Å². The summed E-state index contributed by atoms with van der Waals surface area (Å²) in [5.74, 6) is 0. The first-order valence-electron chi connectivity index (χ1n) is 4.66. The Kier molecular flexibility index (Phi) is 3.50. The van der Waals surface area contributed by atoms with E-state index in [-0.39, 0.29) is 5.60 Å². The Bertz CT molecular complexity index is 194. The highest BCUT2D eigenvalue weighted by Crippen LogP contribution is 2.23. The molecule has 0 amide bonds. The van der Waals surface area contributed by atoms with Crippen molar-refractivity contribution in [1.82, 2.24) is 10.6 Å². The topological polar surface area (TPSA) is 33.3 Å². The Morgan fingerprint density at radius 3 is 2.77 bits per heavy atom. The van der Waals surface area contributed by atoms with Gasteiger partial charge in [0.05, 0.1) is 5.60 Å². The molecule has 0 bridgehead atoms. The van der Waals surface area contributed by atoms with Crippen LogP contribution in [0.2, 0.25) is 0 Å². The van der Waals surface area contributed by atoms with Crippen molar-refractivity contribution in [1.29, 1.82) is 0 Å². The molecule has 13 heavy (non-hydrogen) atoms. The van der Waals surface area contributed by atoms with Crippen molar-refractivity contribution in [2.75, 3.05) is 13.7 Å². The van der Waals surface area contributed by atoms with Crippen molar-refractivity contribution in [2.24, 2.45) is 0 Å². The normalized spacial score (nSPS) is 26.5. The number of hydrogen-bond donors (Lipinski definition) is 2. The number of ether oxygens (including phenoxy) is 1. The SMILES string of the molecule is CNC(=S)NC1CCOC(C)(C)C1. The number of hydrogen-bond acceptors (Lipinski definition) is 2. The molecule has 3 nitrogen and oxygen atoms in total. The molecule has 1 unspecified atom stereocenters. The van der Waals surface area contributed by atoms with Gasteiger partial charge >= 0.3 is 0 Å². The van der Waals surface area contributed by atoms with Crippen LogP contribution in [0.1, 0.15) is 26.7 Å². The van der Waals surface area contributed by atoms with Gasteiger partial charge in [-0.15, -0.1) is 0 Å². The highest BCUT2D eigenvalue weighted by Gasteiger charge is 2.28. The Balaban J connectivity index is 2.39. The average Bonchev–Trinajstić information content (AvgIpc) is 2.02. The third-order valence-corrected chi connectivity index (χ3v) is 2.58. The minimum atomic E-state index is -0.0146. The van der Waals surface area contributed by atoms with Gasteiger partial charge in [-0.3, -0.25) is 0 Å². The maximum absolute atomic E-state index is 5.61. The molecule has 76 valence electrons. The van der Waals surface area contributed by atoms with Crippen LogP contribution in [0.3, 0.4) is 0 Å². The lowest BCUT2D eigenvalue weighted by Gasteiger charge is -2.36. The van der Waals surface area contributed by atoms with Crippen LogP contribution >= 0.6 is 12.2 Å². The third-order valence-electron chi connectivity index (χ3n) is 2.26. The number of nitrogens with one attached hydrogen (secondary N) is 2. The van der Waals surface area contributed by atoms with Gasteiger partial charge in [-0.25, -0.2) is 0 Å². The zero-order valence-electron chi connectivity index (χ0n) is 8.52. The fraction of sp³-hybridized carbons (Fsp3) is 0.889. The summed E-state index contributed by atoms with van der Waals surface area (Å²) in [7, 11) is 1.83. The molecular formula is C9H18N2OS. The summed E-state index contributed by atoms with van der Waals surface area (Å²) in [5, 5.41) is 6.91. The van der Waals surface area contributed by atoms with Crippen molar-refractivity contribution in [2.45, 2.75) is 38.3 Å². The molecule has 1 heterocycles. The van der Waals surface area contributed by atoms with E-state index in [9.17, 15) is 0 Å². The van der Waals surface area contributed by atoms with Gasteiger partial charge in [0.15, 0.2) is 5.11 Å². The second-order valence-electron chi connectivity index (χ2n) is 4.02. The molecule has 1 aliphatic rings. The van der Waals surface area contributed by atoms with E-state index >= 15 is 0 Å². The Hall–Kier alpha value is -0.350. The van der Waals surface area contributed by atoms with Crippen molar-refractivity contribution >= 4 is 17.3 Å². The van der Waals surface area contributed by atoms with Crippen molar-refractivity contribution in [3.63, 3.8) is 0 Å². The predicted molar refractivity (Wildman–Crippen MR) is 57.8 cm³/mol. The van der Waals surface area contributed by atoms with Crippen LogP contribution < -0.4 is 10.6 Å². The van der Waals surface area contributed by atoms with Crippen LogP contribution in [0, 0.1) is 0 Å². The van der Waals surface area contributed by atoms with E-state index in [1.807, 2.05) is 7.05 Å². The summed E-state index contributed by atoms with van der Waals surface area (Å²) in [5.41, 5.74) is -0.0146. The summed E-state index contributed by atoms with van der Waals surface area (Å²) in [6.45, 7) is 5.05. The molecule has 0 aromatic heterocycles. The Labute approximate surface area is 85.2 Å². The molecule has 1 fully saturated rings. The average molecular weight is 202 g/mol. The van der Waals surface area contributed by atoms with Crippen LogP contribution in [0.25, 0.3) is 0 Å². The van der Waals surface area contributed by atoms with Crippen molar-refractivity contribution < 1.29 is 4.74 Å². The summed E-state index contributed by atoms with van der Waals surface area (Å²) in [6.07, 6.45) is 2.04. The van der Waals surface area contributed by atoms with Crippen LogP contribution in [0.4, 0.5) is 0 Å². The molecule has 0 radical (unpaired) electrons. The van der Waals surface area contributed by atoms with Gasteiger partial charge in [-0.05, 0) is 38.9 Å². The minimum absolute atomic E-state index is 0.0146. The maximum atomic E-state index is 5.61. The monoisotopic (exact) mass is 202 g/mol. The van der Waals surface area contributed by atoms with E-state index in [1.54, 1.807) is 0 Å². The van der Waals surface area contributed by atoms with Gasteiger partial charge in [0.1, 0.15) is 0 Å². The molecule has 4 heteroatoms. The van der Waals surface area contributed by atoms with Gasteiger partial charge < -0.3 is 15.4 Å². The first-order valence-corrected chi connectivity index (χ1v) is 5.06. The van der Waals surface area contributed by atoms with Crippen molar-refractivity contribution in [3.05, 3.63) is 0 Å². The van der Waals surface area contributed by atoms with E-state index in [1.165, 1.54) is 0 Å². The first-order chi connectivity index (χ1) is 6.03. The Morgan fingerprint density at radius 2 is 2.23 bits per heavy atom. The first kappa shape index (κ1) is 10.7. The molecule has 0 aromatic carbocycles. The van der Waals surface area contributed by atoms with Gasteiger partial charge in [-0.2, -0.15) is 0 Å². The molecule has 1 atom stereocenters. The minimum Gasteiger partial charge on any atom is -0.375 e. The van der Waals surface area contributed by atoms with Gasteiger partial charge in [0.2, 0.25) is 0 Å². The quantitative estimate of drug-likeness (QED) is 0.622. The van der Waals surface area contributed by atoms with E-state index < -0.39 is 0 Å². The number of rotatable bonds is 1. The molecule has 2 N–H and O–H groups in total. The standard InChI is InChI=1S/C9H18N2OS/c1-9(2)6-7(4-5-12-9)11-8(13)10-3/h7H,4-6H2,1-3H3,(H2,10,11,13). The highest BCUT2D eigenvalue weighted by atomic mass is 32.1. The lowest BCUT2D eigenvalue weighted by atomic mass is 9.94. The van der Waals surface area contributed by atoms with Gasteiger partial charge in [0, 0.05) is 19.7 Å². The molecule has 0 aromatic rings. The number of thiocarbonyl (C=S) groups is 1. The zero-order chi connectivity index (χ0) is 9.90. The summed E-state index contributed by atoms with van der Waals surface area (Å²) in [4.78, 5) is 0. The smallest absolute Gasteiger partial charge is 0.166 e. The largest absolute Gasteiger partial charge is 0.375 e. The van der Waals surface area contributed by atoms with Gasteiger partial charge in [-0.1, -0.05) is 0 Å². The van der Waals surface area contributed by atoms with Crippen molar-refractivity contribution in [3.8, 4) is 0 Å². The Morgan fingerprint density at radius 1 is 1.54 bits per heavy atom. The molecule has 0 saturated carbocycles. The lowest BCUT2D eigenvalue weighted by Crippen LogP contribution is -2.48. The van der Waals surface area contributed by atoms with E-state index in [2.05, 4.69) is 24.5 Å². The fourth-order valence-corrected chi connectivity index (χ4v) is 1.78. The molecule has 1 rings (SSSR count). The summed E-state index contributed by atoms with van der Waals surface area (Å²) >= 11 is 5.05. The molecular weight excluding hydrogens is 184 g/mol. The second-order valence-corrected chi connectivity index (χ2v) is 4.43. The lowest BCUT2D eigenvalue weighted by molar-refractivity contribution is -0.0604. The molecule has 1 aliphatic heterocycles. The predicted octanol–water partition coefficient (Wildman–Crippen LogP) is 1.04. The molecule has 1 saturated heterocycles. The third kappa shape index (κ3) is 3.48. The fourth-order valence-electron chi connectivity index (χ4n) is 1.61. The second kappa shape index (κ2) is 4.24. The van der Waals surface area contributed by atoms with Crippen LogP contribution in [-0.4, -0.2) is 30.4 Å². The zero-order valence-corrected chi connectivity index (χ0v) is 9.33. The van der Waals surface area contributed by atoms with E-state index in [4.69, 9.17) is 17.0 Å². The maximum Gasteiger partial charge on any atom is 0.166 e. The van der Waals surface area contributed by atoms with E-state index in [0.29, 0.717) is 6.04 Å².